The molecule has 0 bridgehead atoms. The molecule has 0 aromatic heterocycles. The molecule has 0 amide bonds. The molecule has 2 heteroatoms. The van der Waals surface area contributed by atoms with E-state index in [9.17, 15) is 0 Å². The van der Waals surface area contributed by atoms with Crippen LogP contribution in [0.15, 0.2) is 0 Å². The SMILES string of the molecule is CCOCCC[SiH2]C1CCCCC1. The maximum Gasteiger partial charge on any atom is 0.0463 e. The van der Waals surface area contributed by atoms with E-state index in [-0.39, 0.29) is 9.52 Å². The molecule has 0 unspecified atom stereocenters. The minimum Gasteiger partial charge on any atom is -0.382 e. The first-order valence-electron chi connectivity index (χ1n) is 6.01. The van der Waals surface area contributed by atoms with Gasteiger partial charge in [-0.3, -0.25) is 0 Å². The summed E-state index contributed by atoms with van der Waals surface area (Å²) >= 11 is 0. The Bertz CT molecular complexity index is 111. The van der Waals surface area contributed by atoms with Crippen molar-refractivity contribution in [3.05, 3.63) is 0 Å². The lowest BCUT2D eigenvalue weighted by atomic mass is 10.0. The molecular weight excluding hydrogens is 176 g/mol. The standard InChI is InChI=1S/C11H24OSi/c1-2-12-9-6-10-13-11-7-4-3-5-8-11/h11H,2-10,13H2,1H3. The Kier molecular flexibility index (Phi) is 6.55. The zero-order valence-electron chi connectivity index (χ0n) is 9.06. The van der Waals surface area contributed by atoms with E-state index in [1.165, 1.54) is 37.3 Å². The van der Waals surface area contributed by atoms with Crippen LogP contribution < -0.4 is 0 Å². The topological polar surface area (TPSA) is 9.23 Å². The minimum absolute atomic E-state index is 0.258. The third kappa shape index (κ3) is 5.48. The fourth-order valence-corrected chi connectivity index (χ4v) is 4.48. The monoisotopic (exact) mass is 200 g/mol. The Morgan fingerprint density at radius 2 is 2.00 bits per heavy atom. The van der Waals surface area contributed by atoms with Crippen LogP contribution in [0, 0.1) is 0 Å². The molecule has 0 aliphatic heterocycles. The number of hydrogen-bond donors (Lipinski definition) is 0. The van der Waals surface area contributed by atoms with Crippen molar-refractivity contribution in [1.29, 1.82) is 0 Å². The van der Waals surface area contributed by atoms with Gasteiger partial charge in [0.15, 0.2) is 0 Å². The second-order valence-electron chi connectivity index (χ2n) is 4.20. The molecular formula is C11H24OSi. The summed E-state index contributed by atoms with van der Waals surface area (Å²) in [6.45, 7) is 3.99. The first-order chi connectivity index (χ1) is 6.43. The predicted octanol–water partition coefficient (Wildman–Crippen LogP) is 2.75. The number of ether oxygens (including phenoxy) is 1. The van der Waals surface area contributed by atoms with Gasteiger partial charge in [-0.15, -0.1) is 0 Å². The van der Waals surface area contributed by atoms with Crippen LogP contribution in [0.1, 0.15) is 45.4 Å². The van der Waals surface area contributed by atoms with Crippen LogP contribution in [0.2, 0.25) is 11.6 Å². The molecule has 1 aliphatic rings. The highest BCUT2D eigenvalue weighted by atomic mass is 28.2. The van der Waals surface area contributed by atoms with Crippen LogP contribution in [0.5, 0.6) is 0 Å². The number of hydrogen-bond acceptors (Lipinski definition) is 1. The van der Waals surface area contributed by atoms with Crippen LogP contribution in [0.3, 0.4) is 0 Å². The highest BCUT2D eigenvalue weighted by Gasteiger charge is 2.12. The Balaban J connectivity index is 1.86. The third-order valence-electron chi connectivity index (χ3n) is 3.08. The van der Waals surface area contributed by atoms with Gasteiger partial charge >= 0.3 is 0 Å². The van der Waals surface area contributed by atoms with Gasteiger partial charge < -0.3 is 4.74 Å². The van der Waals surface area contributed by atoms with Crippen molar-refractivity contribution in [1.82, 2.24) is 0 Å². The molecule has 0 radical (unpaired) electrons. The normalized spacial score (nSPS) is 20.1. The highest BCUT2D eigenvalue weighted by Crippen LogP contribution is 2.28. The van der Waals surface area contributed by atoms with Crippen molar-refractivity contribution >= 4 is 9.52 Å². The number of rotatable bonds is 6. The fraction of sp³-hybridized carbons (Fsp3) is 1.00. The Hall–Kier alpha value is 0.177. The van der Waals surface area contributed by atoms with Crippen molar-refractivity contribution in [3.63, 3.8) is 0 Å². The van der Waals surface area contributed by atoms with E-state index in [4.69, 9.17) is 4.74 Å². The third-order valence-corrected chi connectivity index (χ3v) is 5.62. The van der Waals surface area contributed by atoms with Crippen LogP contribution in [0.25, 0.3) is 0 Å². The summed E-state index contributed by atoms with van der Waals surface area (Å²) in [5, 5.41) is 0. The van der Waals surface area contributed by atoms with Gasteiger partial charge in [0.2, 0.25) is 0 Å². The first kappa shape index (κ1) is 11.3. The van der Waals surface area contributed by atoms with Gasteiger partial charge in [0.1, 0.15) is 0 Å². The Labute approximate surface area is 85.1 Å². The zero-order chi connectivity index (χ0) is 9.36. The zero-order valence-corrected chi connectivity index (χ0v) is 10.5. The van der Waals surface area contributed by atoms with E-state index >= 15 is 0 Å². The molecule has 0 N–H and O–H groups in total. The lowest BCUT2D eigenvalue weighted by Crippen LogP contribution is -2.08. The average molecular weight is 200 g/mol. The molecule has 1 aliphatic carbocycles. The molecule has 78 valence electrons. The maximum atomic E-state index is 5.35. The minimum atomic E-state index is 0.258. The van der Waals surface area contributed by atoms with E-state index in [0.29, 0.717) is 0 Å². The Morgan fingerprint density at radius 3 is 2.69 bits per heavy atom. The maximum absolute atomic E-state index is 5.35. The van der Waals surface area contributed by atoms with Gasteiger partial charge in [-0.1, -0.05) is 43.7 Å². The van der Waals surface area contributed by atoms with Crippen LogP contribution >= 0.6 is 0 Å². The summed E-state index contributed by atoms with van der Waals surface area (Å²) in [6.07, 6.45) is 8.98. The lowest BCUT2D eigenvalue weighted by molar-refractivity contribution is 0.148. The smallest absolute Gasteiger partial charge is 0.0463 e. The van der Waals surface area contributed by atoms with Gasteiger partial charge in [0.25, 0.3) is 0 Å². The van der Waals surface area contributed by atoms with E-state index in [1.54, 1.807) is 12.8 Å². The highest BCUT2D eigenvalue weighted by molar-refractivity contribution is 6.37. The fourth-order valence-electron chi connectivity index (χ4n) is 2.26. The van der Waals surface area contributed by atoms with Crippen molar-refractivity contribution in [2.24, 2.45) is 0 Å². The molecule has 0 aromatic rings. The van der Waals surface area contributed by atoms with Gasteiger partial charge in [0, 0.05) is 22.7 Å². The first-order valence-corrected chi connectivity index (χ1v) is 7.83. The van der Waals surface area contributed by atoms with Crippen molar-refractivity contribution in [3.8, 4) is 0 Å². The van der Waals surface area contributed by atoms with Crippen LogP contribution in [0.4, 0.5) is 0 Å². The van der Waals surface area contributed by atoms with E-state index in [0.717, 1.165) is 13.2 Å². The predicted molar refractivity (Wildman–Crippen MR) is 61.3 cm³/mol. The molecule has 1 nitrogen and oxygen atoms in total. The quantitative estimate of drug-likeness (QED) is 0.473. The van der Waals surface area contributed by atoms with Gasteiger partial charge in [-0.25, -0.2) is 0 Å². The summed E-state index contributed by atoms with van der Waals surface area (Å²) in [6, 6.07) is 1.52. The molecule has 0 atom stereocenters. The van der Waals surface area contributed by atoms with E-state index in [2.05, 4.69) is 6.92 Å². The summed E-state index contributed by atoms with van der Waals surface area (Å²) in [4.78, 5) is 0. The van der Waals surface area contributed by atoms with E-state index in [1.807, 2.05) is 0 Å². The molecule has 0 aromatic carbocycles. The summed E-state index contributed by atoms with van der Waals surface area (Å²) in [7, 11) is 0.258. The van der Waals surface area contributed by atoms with Crippen LogP contribution in [-0.2, 0) is 4.74 Å². The van der Waals surface area contributed by atoms with Gasteiger partial charge in [-0.05, 0) is 13.3 Å². The van der Waals surface area contributed by atoms with Crippen molar-refractivity contribution < 1.29 is 4.74 Å². The average Bonchev–Trinajstić information content (AvgIpc) is 2.19. The molecule has 0 spiro atoms. The summed E-state index contributed by atoms with van der Waals surface area (Å²) in [5.41, 5.74) is 1.19. The largest absolute Gasteiger partial charge is 0.382 e. The molecule has 1 fully saturated rings. The van der Waals surface area contributed by atoms with Crippen molar-refractivity contribution in [2.45, 2.75) is 57.0 Å². The Morgan fingerprint density at radius 1 is 1.23 bits per heavy atom. The van der Waals surface area contributed by atoms with Crippen LogP contribution in [-0.4, -0.2) is 22.7 Å². The van der Waals surface area contributed by atoms with Gasteiger partial charge in [-0.2, -0.15) is 0 Å². The second kappa shape index (κ2) is 7.57. The molecule has 1 saturated carbocycles. The van der Waals surface area contributed by atoms with Gasteiger partial charge in [0.05, 0.1) is 0 Å². The van der Waals surface area contributed by atoms with E-state index < -0.39 is 0 Å². The summed E-state index contributed by atoms with van der Waals surface area (Å²) < 4.78 is 5.35. The molecule has 0 saturated heterocycles. The van der Waals surface area contributed by atoms with Crippen molar-refractivity contribution in [2.75, 3.05) is 13.2 Å². The molecule has 13 heavy (non-hydrogen) atoms. The summed E-state index contributed by atoms with van der Waals surface area (Å²) in [5.74, 6) is 0. The molecule has 1 rings (SSSR count). The second-order valence-corrected chi connectivity index (χ2v) is 6.64. The molecule has 0 heterocycles. The lowest BCUT2D eigenvalue weighted by Gasteiger charge is -2.20.